The van der Waals surface area contributed by atoms with Crippen LogP contribution in [0.15, 0.2) is 36.4 Å². The molecule has 0 aliphatic carbocycles. The van der Waals surface area contributed by atoms with Gasteiger partial charge in [0, 0.05) is 25.8 Å². The summed E-state index contributed by atoms with van der Waals surface area (Å²) in [6.07, 6.45) is 1.90. The topological polar surface area (TPSA) is 0 Å². The summed E-state index contributed by atoms with van der Waals surface area (Å²) >= 11 is 9.01. The first-order chi connectivity index (χ1) is 9.65. The van der Waals surface area contributed by atoms with E-state index in [4.69, 9.17) is 0 Å². The number of rotatable bonds is 6. The monoisotopic (exact) mass is 418 g/mol. The van der Waals surface area contributed by atoms with Crippen LogP contribution in [0.2, 0.25) is 0 Å². The maximum Gasteiger partial charge on any atom is 0.127 e. The van der Waals surface area contributed by atoms with Gasteiger partial charge in [-0.3, -0.25) is 0 Å². The molecule has 0 saturated heterocycles. The molecule has 2 rings (SSSR count). The molecule has 0 bridgehead atoms. The fourth-order valence-corrected chi connectivity index (χ4v) is 5.33. The fourth-order valence-electron chi connectivity index (χ4n) is 2.30. The Balaban J connectivity index is 2.37. The summed E-state index contributed by atoms with van der Waals surface area (Å²) in [5.41, 5.74) is 0.529. The zero-order valence-electron chi connectivity index (χ0n) is 11.3. The summed E-state index contributed by atoms with van der Waals surface area (Å²) in [5, 5.41) is 1.46. The van der Waals surface area contributed by atoms with Crippen molar-refractivity contribution in [3.8, 4) is 0 Å². The van der Waals surface area contributed by atoms with Crippen LogP contribution in [0.5, 0.6) is 0 Å². The summed E-state index contributed by atoms with van der Waals surface area (Å²) in [5.74, 6) is -0.126. The number of alkyl halides is 2. The SMILES string of the molecule is CCc1ccc(CC(CBr)(CBr)c2ccccc2F)s1. The molecule has 4 heteroatoms. The molecule has 0 spiro atoms. The molecule has 0 N–H and O–H groups in total. The highest BCUT2D eigenvalue weighted by Crippen LogP contribution is 2.36. The first kappa shape index (κ1) is 16.2. The summed E-state index contributed by atoms with van der Waals surface area (Å²) in [6.45, 7) is 2.16. The van der Waals surface area contributed by atoms with Gasteiger partial charge in [-0.2, -0.15) is 0 Å². The summed E-state index contributed by atoms with van der Waals surface area (Å²) in [7, 11) is 0. The van der Waals surface area contributed by atoms with Crippen molar-refractivity contribution in [3.63, 3.8) is 0 Å². The number of hydrogen-bond donors (Lipinski definition) is 0. The molecule has 0 aliphatic heterocycles. The van der Waals surface area contributed by atoms with Crippen LogP contribution < -0.4 is 0 Å². The highest BCUT2D eigenvalue weighted by atomic mass is 79.9. The van der Waals surface area contributed by atoms with Crippen molar-refractivity contribution in [1.82, 2.24) is 0 Å². The third-order valence-electron chi connectivity index (χ3n) is 3.54. The zero-order chi connectivity index (χ0) is 14.6. The number of benzene rings is 1. The van der Waals surface area contributed by atoms with E-state index in [1.165, 1.54) is 9.75 Å². The van der Waals surface area contributed by atoms with E-state index in [1.807, 2.05) is 23.5 Å². The first-order valence-electron chi connectivity index (χ1n) is 6.59. The van der Waals surface area contributed by atoms with Crippen molar-refractivity contribution in [1.29, 1.82) is 0 Å². The molecule has 1 aromatic carbocycles. The zero-order valence-corrected chi connectivity index (χ0v) is 15.3. The summed E-state index contributed by atoms with van der Waals surface area (Å²) in [6, 6.07) is 11.4. The van der Waals surface area contributed by atoms with Gasteiger partial charge in [0.25, 0.3) is 0 Å². The van der Waals surface area contributed by atoms with E-state index in [1.54, 1.807) is 12.1 Å². The van der Waals surface area contributed by atoms with E-state index < -0.39 is 0 Å². The molecular formula is C16H17Br2FS. The van der Waals surface area contributed by atoms with Gasteiger partial charge in [0.05, 0.1) is 0 Å². The molecule has 0 unspecified atom stereocenters. The van der Waals surface area contributed by atoms with E-state index in [0.717, 1.165) is 29.1 Å². The van der Waals surface area contributed by atoms with E-state index in [0.29, 0.717) is 0 Å². The van der Waals surface area contributed by atoms with Crippen molar-refractivity contribution in [2.45, 2.75) is 25.2 Å². The highest BCUT2D eigenvalue weighted by molar-refractivity contribution is 9.09. The number of hydrogen-bond acceptors (Lipinski definition) is 1. The van der Waals surface area contributed by atoms with Gasteiger partial charge in [-0.1, -0.05) is 57.0 Å². The number of aryl methyl sites for hydroxylation is 1. The average Bonchev–Trinajstić information content (AvgIpc) is 2.93. The molecular weight excluding hydrogens is 403 g/mol. The van der Waals surface area contributed by atoms with Crippen LogP contribution in [0.25, 0.3) is 0 Å². The van der Waals surface area contributed by atoms with Crippen molar-refractivity contribution >= 4 is 43.2 Å². The van der Waals surface area contributed by atoms with E-state index in [2.05, 4.69) is 50.9 Å². The van der Waals surface area contributed by atoms with Gasteiger partial charge >= 0.3 is 0 Å². The minimum absolute atomic E-state index is 0.126. The van der Waals surface area contributed by atoms with Gasteiger partial charge in [0.1, 0.15) is 5.82 Å². The number of halogens is 3. The van der Waals surface area contributed by atoms with Gasteiger partial charge in [0.2, 0.25) is 0 Å². The third-order valence-corrected chi connectivity index (χ3v) is 6.91. The molecule has 20 heavy (non-hydrogen) atoms. The molecule has 0 aliphatic rings. The Kier molecular flexibility index (Phi) is 5.82. The maximum absolute atomic E-state index is 14.2. The third kappa shape index (κ3) is 3.34. The molecule has 1 aromatic heterocycles. The van der Waals surface area contributed by atoms with Gasteiger partial charge < -0.3 is 0 Å². The normalized spacial score (nSPS) is 11.8. The standard InChI is InChI=1S/C16H17Br2FS/c1-2-12-7-8-13(20-12)9-16(10-17,11-18)14-5-3-4-6-15(14)19/h3-8H,2,9-11H2,1H3. The average molecular weight is 420 g/mol. The number of thiophene rings is 1. The molecule has 0 amide bonds. The Morgan fingerprint density at radius 3 is 2.25 bits per heavy atom. The second-order valence-electron chi connectivity index (χ2n) is 4.93. The second-order valence-corrected chi connectivity index (χ2v) is 7.30. The van der Waals surface area contributed by atoms with Crippen LogP contribution in [0.4, 0.5) is 4.39 Å². The highest BCUT2D eigenvalue weighted by Gasteiger charge is 2.33. The van der Waals surface area contributed by atoms with E-state index in [-0.39, 0.29) is 11.2 Å². The maximum atomic E-state index is 14.2. The Labute approximate surface area is 140 Å². The minimum Gasteiger partial charge on any atom is -0.207 e. The van der Waals surface area contributed by atoms with Crippen molar-refractivity contribution in [2.75, 3.05) is 10.7 Å². The Morgan fingerprint density at radius 1 is 1.05 bits per heavy atom. The van der Waals surface area contributed by atoms with Gasteiger partial charge in [-0.15, -0.1) is 11.3 Å². The molecule has 0 fully saturated rings. The van der Waals surface area contributed by atoms with Crippen molar-refractivity contribution in [2.24, 2.45) is 0 Å². The van der Waals surface area contributed by atoms with E-state index in [9.17, 15) is 4.39 Å². The van der Waals surface area contributed by atoms with Gasteiger partial charge in [0.15, 0.2) is 0 Å². The Bertz CT molecular complexity index is 561. The lowest BCUT2D eigenvalue weighted by molar-refractivity contribution is 0.504. The van der Waals surface area contributed by atoms with Crippen LogP contribution in [0.3, 0.4) is 0 Å². The van der Waals surface area contributed by atoms with Gasteiger partial charge in [-0.05, 0) is 36.6 Å². The lowest BCUT2D eigenvalue weighted by Crippen LogP contribution is -2.33. The van der Waals surface area contributed by atoms with Crippen molar-refractivity contribution < 1.29 is 4.39 Å². The predicted octanol–water partition coefficient (Wildman–Crippen LogP) is 5.72. The van der Waals surface area contributed by atoms with Gasteiger partial charge in [-0.25, -0.2) is 4.39 Å². The molecule has 1 heterocycles. The quantitative estimate of drug-likeness (QED) is 0.525. The fraction of sp³-hybridized carbons (Fsp3) is 0.375. The molecule has 0 radical (unpaired) electrons. The van der Waals surface area contributed by atoms with E-state index >= 15 is 0 Å². The predicted molar refractivity (Wildman–Crippen MR) is 93.1 cm³/mol. The molecule has 0 atom stereocenters. The Hall–Kier alpha value is -0.190. The lowest BCUT2D eigenvalue weighted by atomic mass is 9.80. The summed E-state index contributed by atoms with van der Waals surface area (Å²) in [4.78, 5) is 2.69. The van der Waals surface area contributed by atoms with Crippen LogP contribution >= 0.6 is 43.2 Å². The molecule has 2 aromatic rings. The smallest absolute Gasteiger partial charge is 0.127 e. The second kappa shape index (κ2) is 7.19. The largest absolute Gasteiger partial charge is 0.207 e. The molecule has 108 valence electrons. The van der Waals surface area contributed by atoms with Crippen LogP contribution in [0.1, 0.15) is 22.2 Å². The van der Waals surface area contributed by atoms with Crippen LogP contribution in [0, 0.1) is 5.82 Å². The Morgan fingerprint density at radius 2 is 1.70 bits per heavy atom. The van der Waals surface area contributed by atoms with Crippen molar-refractivity contribution in [3.05, 3.63) is 57.5 Å². The first-order valence-corrected chi connectivity index (χ1v) is 9.65. The summed E-state index contributed by atoms with van der Waals surface area (Å²) < 4.78 is 14.2. The molecule has 0 saturated carbocycles. The van der Waals surface area contributed by atoms with Crippen LogP contribution in [-0.2, 0) is 18.3 Å². The minimum atomic E-state index is -0.249. The van der Waals surface area contributed by atoms with Crippen LogP contribution in [-0.4, -0.2) is 10.7 Å². The molecule has 0 nitrogen and oxygen atoms in total. The lowest BCUT2D eigenvalue weighted by Gasteiger charge is -2.30.